The number of Topliss-reactive ketones (excluding diaryl/α,β-unsaturated/α-hetero) is 1. The molecule has 0 fully saturated rings. The van der Waals surface area contributed by atoms with E-state index in [0.29, 0.717) is 6.42 Å². The number of carbonyl (C=O) groups is 1. The summed E-state index contributed by atoms with van der Waals surface area (Å²) < 4.78 is 0. The van der Waals surface area contributed by atoms with E-state index < -0.39 is 0 Å². The molecule has 0 bridgehead atoms. The molecule has 0 aliphatic carbocycles. The Kier molecular flexibility index (Phi) is 3.34. The van der Waals surface area contributed by atoms with Crippen LogP contribution in [0.25, 0.3) is 10.8 Å². The third-order valence-corrected chi connectivity index (χ3v) is 3.68. The number of hydrogen-bond acceptors (Lipinski definition) is 1. The second-order valence-electron chi connectivity index (χ2n) is 5.09. The van der Waals surface area contributed by atoms with Crippen LogP contribution in [-0.2, 0) is 6.42 Å². The zero-order valence-corrected chi connectivity index (χ0v) is 11.5. The standard InChI is InChI=1S/C19H16O/c1-14-6-2-3-8-16(14)13-19(20)18-11-10-15-7-4-5-9-17(15)12-18/h2-12H,13H2,1H3. The van der Waals surface area contributed by atoms with Gasteiger partial charge in [-0.25, -0.2) is 0 Å². The van der Waals surface area contributed by atoms with Crippen LogP contribution in [0.2, 0.25) is 0 Å². The molecule has 0 unspecified atom stereocenters. The minimum absolute atomic E-state index is 0.171. The molecule has 1 heteroatoms. The highest BCUT2D eigenvalue weighted by Gasteiger charge is 2.09. The lowest BCUT2D eigenvalue weighted by atomic mass is 9.98. The Hall–Kier alpha value is -2.41. The molecule has 0 aromatic heterocycles. The number of ketones is 1. The molecule has 0 radical (unpaired) electrons. The van der Waals surface area contributed by atoms with Gasteiger partial charge < -0.3 is 0 Å². The van der Waals surface area contributed by atoms with Crippen LogP contribution < -0.4 is 0 Å². The first-order valence-electron chi connectivity index (χ1n) is 6.80. The fourth-order valence-electron chi connectivity index (χ4n) is 2.45. The molecule has 3 aromatic carbocycles. The summed E-state index contributed by atoms with van der Waals surface area (Å²) in [4.78, 5) is 12.4. The molecule has 0 atom stereocenters. The lowest BCUT2D eigenvalue weighted by molar-refractivity contribution is 0.0993. The van der Waals surface area contributed by atoms with Gasteiger partial charge >= 0.3 is 0 Å². The number of hydrogen-bond donors (Lipinski definition) is 0. The summed E-state index contributed by atoms with van der Waals surface area (Å²) in [6, 6.07) is 22.1. The van der Waals surface area contributed by atoms with Crippen LogP contribution in [0.15, 0.2) is 66.7 Å². The smallest absolute Gasteiger partial charge is 0.167 e. The van der Waals surface area contributed by atoms with Crippen molar-refractivity contribution in [1.29, 1.82) is 0 Å². The van der Waals surface area contributed by atoms with Gasteiger partial charge in [0.1, 0.15) is 0 Å². The molecule has 0 heterocycles. The predicted molar refractivity (Wildman–Crippen MR) is 83.2 cm³/mol. The molecule has 0 spiro atoms. The van der Waals surface area contributed by atoms with Gasteiger partial charge in [-0.2, -0.15) is 0 Å². The number of aryl methyl sites for hydroxylation is 1. The lowest BCUT2D eigenvalue weighted by Gasteiger charge is -2.06. The average molecular weight is 260 g/mol. The Bertz CT molecular complexity index is 771. The molecule has 3 aromatic rings. The van der Waals surface area contributed by atoms with E-state index in [0.717, 1.165) is 16.5 Å². The van der Waals surface area contributed by atoms with Gasteiger partial charge in [0.05, 0.1) is 0 Å². The quantitative estimate of drug-likeness (QED) is 0.630. The Morgan fingerprint density at radius 2 is 1.55 bits per heavy atom. The van der Waals surface area contributed by atoms with Crippen molar-refractivity contribution in [2.75, 3.05) is 0 Å². The van der Waals surface area contributed by atoms with Crippen molar-refractivity contribution in [2.45, 2.75) is 13.3 Å². The van der Waals surface area contributed by atoms with E-state index in [1.54, 1.807) is 0 Å². The van der Waals surface area contributed by atoms with Gasteiger partial charge in [-0.15, -0.1) is 0 Å². The summed E-state index contributed by atoms with van der Waals surface area (Å²) >= 11 is 0. The van der Waals surface area contributed by atoms with E-state index >= 15 is 0 Å². The van der Waals surface area contributed by atoms with Gasteiger partial charge in [0.15, 0.2) is 5.78 Å². The van der Waals surface area contributed by atoms with Crippen LogP contribution in [0, 0.1) is 6.92 Å². The summed E-state index contributed by atoms with van der Waals surface area (Å²) in [5, 5.41) is 2.28. The maximum absolute atomic E-state index is 12.4. The van der Waals surface area contributed by atoms with E-state index in [4.69, 9.17) is 0 Å². The highest BCUT2D eigenvalue weighted by molar-refractivity contribution is 6.01. The lowest BCUT2D eigenvalue weighted by Crippen LogP contribution is -2.04. The largest absolute Gasteiger partial charge is 0.294 e. The molecule has 0 N–H and O–H groups in total. The van der Waals surface area contributed by atoms with E-state index in [-0.39, 0.29) is 5.78 Å². The predicted octanol–water partition coefficient (Wildman–Crippen LogP) is 4.57. The minimum Gasteiger partial charge on any atom is -0.294 e. The van der Waals surface area contributed by atoms with Crippen molar-refractivity contribution in [1.82, 2.24) is 0 Å². The summed E-state index contributed by atoms with van der Waals surface area (Å²) in [7, 11) is 0. The first-order valence-corrected chi connectivity index (χ1v) is 6.80. The van der Waals surface area contributed by atoms with Gasteiger partial charge in [-0.3, -0.25) is 4.79 Å². The molecule has 0 aliphatic heterocycles. The maximum atomic E-state index is 12.4. The molecular weight excluding hydrogens is 244 g/mol. The number of carbonyl (C=O) groups excluding carboxylic acids is 1. The van der Waals surface area contributed by atoms with Crippen molar-refractivity contribution in [3.8, 4) is 0 Å². The molecule has 3 rings (SSSR count). The zero-order valence-electron chi connectivity index (χ0n) is 11.5. The van der Waals surface area contributed by atoms with Gasteiger partial charge in [-0.05, 0) is 34.9 Å². The summed E-state index contributed by atoms with van der Waals surface area (Å²) in [5.41, 5.74) is 3.05. The molecule has 20 heavy (non-hydrogen) atoms. The Morgan fingerprint density at radius 3 is 2.35 bits per heavy atom. The van der Waals surface area contributed by atoms with Crippen LogP contribution >= 0.6 is 0 Å². The molecule has 98 valence electrons. The second-order valence-corrected chi connectivity index (χ2v) is 5.09. The number of rotatable bonds is 3. The van der Waals surface area contributed by atoms with Gasteiger partial charge in [0.2, 0.25) is 0 Å². The van der Waals surface area contributed by atoms with E-state index in [2.05, 4.69) is 6.07 Å². The fourth-order valence-corrected chi connectivity index (χ4v) is 2.45. The van der Waals surface area contributed by atoms with Crippen LogP contribution in [-0.4, -0.2) is 5.78 Å². The van der Waals surface area contributed by atoms with Crippen molar-refractivity contribution in [3.05, 3.63) is 83.4 Å². The van der Waals surface area contributed by atoms with Crippen LogP contribution in [0.1, 0.15) is 21.5 Å². The summed E-state index contributed by atoms with van der Waals surface area (Å²) in [5.74, 6) is 0.171. The number of benzene rings is 3. The average Bonchev–Trinajstić information content (AvgIpc) is 2.49. The maximum Gasteiger partial charge on any atom is 0.167 e. The summed E-state index contributed by atoms with van der Waals surface area (Å²) in [6.07, 6.45) is 0.463. The van der Waals surface area contributed by atoms with E-state index in [9.17, 15) is 4.79 Å². The van der Waals surface area contributed by atoms with Crippen molar-refractivity contribution >= 4 is 16.6 Å². The van der Waals surface area contributed by atoms with Crippen molar-refractivity contribution in [2.24, 2.45) is 0 Å². The topological polar surface area (TPSA) is 17.1 Å². The monoisotopic (exact) mass is 260 g/mol. The molecule has 0 saturated heterocycles. The van der Waals surface area contributed by atoms with Crippen molar-refractivity contribution < 1.29 is 4.79 Å². The van der Waals surface area contributed by atoms with Crippen LogP contribution in [0.3, 0.4) is 0 Å². The van der Waals surface area contributed by atoms with Gasteiger partial charge in [0.25, 0.3) is 0 Å². The van der Waals surface area contributed by atoms with E-state index in [1.165, 1.54) is 10.9 Å². The molecular formula is C19H16O. The van der Waals surface area contributed by atoms with Crippen molar-refractivity contribution in [3.63, 3.8) is 0 Å². The summed E-state index contributed by atoms with van der Waals surface area (Å²) in [6.45, 7) is 2.04. The normalized spacial score (nSPS) is 10.7. The second kappa shape index (κ2) is 5.30. The first-order chi connectivity index (χ1) is 9.74. The molecule has 0 saturated carbocycles. The van der Waals surface area contributed by atoms with E-state index in [1.807, 2.05) is 67.6 Å². The zero-order chi connectivity index (χ0) is 13.9. The first kappa shape index (κ1) is 12.6. The third kappa shape index (κ3) is 2.48. The fraction of sp³-hybridized carbons (Fsp3) is 0.105. The van der Waals surface area contributed by atoms with Gasteiger partial charge in [-0.1, -0.05) is 60.7 Å². The Morgan fingerprint density at radius 1 is 0.850 bits per heavy atom. The SMILES string of the molecule is Cc1ccccc1CC(=O)c1ccc2ccccc2c1. The highest BCUT2D eigenvalue weighted by Crippen LogP contribution is 2.18. The molecule has 0 aliphatic rings. The highest BCUT2D eigenvalue weighted by atomic mass is 16.1. The number of fused-ring (bicyclic) bond motifs is 1. The molecule has 0 amide bonds. The Balaban J connectivity index is 1.91. The van der Waals surface area contributed by atoms with Crippen LogP contribution in [0.5, 0.6) is 0 Å². The van der Waals surface area contributed by atoms with Gasteiger partial charge in [0, 0.05) is 12.0 Å². The third-order valence-electron chi connectivity index (χ3n) is 3.68. The minimum atomic E-state index is 0.171. The Labute approximate surface area is 118 Å². The van der Waals surface area contributed by atoms with Crippen LogP contribution in [0.4, 0.5) is 0 Å². The molecule has 1 nitrogen and oxygen atoms in total.